The number of nitrogens with two attached hydrogens (primary N) is 1. The second-order valence-electron chi connectivity index (χ2n) is 10.7. The molecule has 2 aliphatic heterocycles. The fourth-order valence-corrected chi connectivity index (χ4v) is 6.28. The third-order valence-corrected chi connectivity index (χ3v) is 8.78. The molecule has 3 atom stereocenters. The number of ether oxygens (including phenoxy) is 1. The van der Waals surface area contributed by atoms with Gasteiger partial charge in [-0.25, -0.2) is 14.1 Å². The standard InChI is InChI=1S/C25H32N8O9S2/c1-25(2)19(22(35)33(25)44(38,39)40)30-21(34)18(16-12-43-24(27)29-16)31-42-17(23(36)37)11-41-15-6-4-13(5-7-15)20(26)28-14-8-9-32(3)10-14/h4-7,12,14,17,19H,8-11H2,1-3H3,(H2,26,28)(H2,27,29)(H,30,34)(H,36,37)(H,38,39,40). The Morgan fingerprint density at radius 3 is 2.50 bits per heavy atom. The number of nitrogens with one attached hydrogen (secondary N) is 3. The van der Waals surface area contributed by atoms with Crippen LogP contribution in [0.1, 0.15) is 31.5 Å². The third kappa shape index (κ3) is 7.24. The number of amides is 2. The number of amidine groups is 1. The molecule has 0 saturated carbocycles. The summed E-state index contributed by atoms with van der Waals surface area (Å²) in [5, 5.41) is 28.6. The van der Waals surface area contributed by atoms with Crippen molar-refractivity contribution in [2.24, 2.45) is 5.16 Å². The minimum Gasteiger partial charge on any atom is -0.489 e. The van der Waals surface area contributed by atoms with E-state index in [1.165, 1.54) is 19.2 Å². The number of hydrogen-bond donors (Lipinski definition) is 6. The van der Waals surface area contributed by atoms with Gasteiger partial charge in [-0.3, -0.25) is 19.6 Å². The van der Waals surface area contributed by atoms with E-state index < -0.39 is 58.1 Å². The molecule has 1 aromatic heterocycles. The van der Waals surface area contributed by atoms with E-state index in [9.17, 15) is 32.5 Å². The number of carboxylic acids is 1. The smallest absolute Gasteiger partial charge is 0.362 e. The minimum absolute atomic E-state index is 0.0542. The quantitative estimate of drug-likeness (QED) is 0.0557. The first-order chi connectivity index (χ1) is 20.6. The van der Waals surface area contributed by atoms with E-state index in [4.69, 9.17) is 20.7 Å². The Bertz CT molecular complexity index is 1580. The number of thiazole rings is 1. The van der Waals surface area contributed by atoms with Gasteiger partial charge < -0.3 is 35.9 Å². The van der Waals surface area contributed by atoms with E-state index in [1.807, 2.05) is 7.05 Å². The first-order valence-electron chi connectivity index (χ1n) is 13.1. The number of aliphatic carboxylic acids is 1. The Balaban J connectivity index is 1.42. The van der Waals surface area contributed by atoms with Crippen molar-refractivity contribution in [3.8, 4) is 5.75 Å². The molecule has 238 valence electrons. The predicted molar refractivity (Wildman–Crippen MR) is 158 cm³/mol. The van der Waals surface area contributed by atoms with Crippen LogP contribution < -0.4 is 21.1 Å². The number of nitrogen functional groups attached to an aromatic ring is 1. The molecule has 0 aliphatic carbocycles. The monoisotopic (exact) mass is 652 g/mol. The van der Waals surface area contributed by atoms with Crippen molar-refractivity contribution in [1.29, 1.82) is 5.41 Å². The van der Waals surface area contributed by atoms with E-state index in [0.717, 1.165) is 30.8 Å². The highest BCUT2D eigenvalue weighted by Crippen LogP contribution is 2.34. The van der Waals surface area contributed by atoms with Crippen molar-refractivity contribution in [3.05, 3.63) is 40.9 Å². The zero-order chi connectivity index (χ0) is 32.4. The summed E-state index contributed by atoms with van der Waals surface area (Å²) >= 11 is 0.953. The average molecular weight is 653 g/mol. The summed E-state index contributed by atoms with van der Waals surface area (Å²) in [5.74, 6) is -3.06. The summed E-state index contributed by atoms with van der Waals surface area (Å²) < 4.78 is 38.2. The largest absolute Gasteiger partial charge is 0.489 e. The van der Waals surface area contributed by atoms with Crippen molar-refractivity contribution >= 4 is 56.1 Å². The number of likely N-dealkylation sites (N-methyl/N-ethyl adjacent to an activating group) is 1. The lowest BCUT2D eigenvalue weighted by Crippen LogP contribution is -2.77. The van der Waals surface area contributed by atoms with Gasteiger partial charge in [0.15, 0.2) is 10.8 Å². The molecule has 2 aliphatic rings. The van der Waals surface area contributed by atoms with E-state index in [0.29, 0.717) is 11.3 Å². The summed E-state index contributed by atoms with van der Waals surface area (Å²) in [5.41, 5.74) is 4.13. The second-order valence-corrected chi connectivity index (χ2v) is 12.8. The number of benzene rings is 1. The number of hydrogen-bond acceptors (Lipinski definition) is 13. The Morgan fingerprint density at radius 2 is 1.98 bits per heavy atom. The number of carbonyl (C=O) groups excluding carboxylic acids is 2. The molecule has 4 rings (SSSR count). The van der Waals surface area contributed by atoms with Crippen LogP contribution in [0, 0.1) is 5.41 Å². The molecule has 0 radical (unpaired) electrons. The number of carbonyl (C=O) groups is 3. The lowest BCUT2D eigenvalue weighted by Gasteiger charge is -2.50. The molecule has 2 amide bonds. The number of carboxylic acid groups (broad SMARTS) is 1. The maximum absolute atomic E-state index is 13.1. The molecule has 0 spiro atoms. The van der Waals surface area contributed by atoms with E-state index in [1.54, 1.807) is 24.3 Å². The lowest BCUT2D eigenvalue weighted by atomic mass is 9.85. The number of likely N-dealkylation sites (tertiary alicyclic amines) is 1. The normalized spacial score (nSPS) is 20.9. The van der Waals surface area contributed by atoms with Crippen LogP contribution in [0.15, 0.2) is 34.8 Å². The van der Waals surface area contributed by atoms with Gasteiger partial charge in [-0.1, -0.05) is 5.16 Å². The topological polar surface area (TPSA) is 250 Å². The number of aromatic nitrogens is 1. The molecular weight excluding hydrogens is 620 g/mol. The SMILES string of the molecule is CN1CCC(NC(=N)c2ccc(OCC(ON=C(C(=O)NC3C(=O)N(S(=O)(=O)O)C3(C)C)c3csc(N)n3)C(=O)O)cc2)C1. The van der Waals surface area contributed by atoms with Gasteiger partial charge in [-0.15, -0.1) is 11.3 Å². The van der Waals surface area contributed by atoms with Gasteiger partial charge in [-0.2, -0.15) is 8.42 Å². The molecule has 2 fully saturated rings. The number of oxime groups is 1. The van der Waals surface area contributed by atoms with Crippen molar-refractivity contribution < 1.29 is 42.0 Å². The van der Waals surface area contributed by atoms with E-state index in [-0.39, 0.29) is 27.0 Å². The average Bonchev–Trinajstić information content (AvgIpc) is 3.55. The number of rotatable bonds is 12. The summed E-state index contributed by atoms with van der Waals surface area (Å²) in [7, 11) is -2.86. The van der Waals surface area contributed by atoms with Gasteiger partial charge in [0.1, 0.15) is 29.9 Å². The molecule has 3 heterocycles. The van der Waals surface area contributed by atoms with Crippen LogP contribution in [0.4, 0.5) is 5.13 Å². The fourth-order valence-electron chi connectivity index (χ4n) is 4.70. The van der Waals surface area contributed by atoms with E-state index in [2.05, 4.69) is 25.7 Å². The highest BCUT2D eigenvalue weighted by Gasteiger charge is 2.60. The molecule has 3 unspecified atom stereocenters. The van der Waals surface area contributed by atoms with Crippen molar-refractivity contribution in [1.82, 2.24) is 24.8 Å². The van der Waals surface area contributed by atoms with Gasteiger partial charge in [0.05, 0.1) is 5.54 Å². The Hall–Kier alpha value is -4.33. The van der Waals surface area contributed by atoms with Crippen LogP contribution in [0.5, 0.6) is 5.75 Å². The second kappa shape index (κ2) is 12.7. The minimum atomic E-state index is -4.88. The molecule has 2 aromatic rings. The maximum Gasteiger partial charge on any atom is 0.362 e. The van der Waals surface area contributed by atoms with Crippen LogP contribution in [-0.4, -0.2) is 112 Å². The fraction of sp³-hybridized carbons (Fsp3) is 0.440. The first kappa shape index (κ1) is 32.6. The zero-order valence-electron chi connectivity index (χ0n) is 23.9. The molecule has 2 saturated heterocycles. The molecule has 7 N–H and O–H groups in total. The maximum atomic E-state index is 13.1. The van der Waals surface area contributed by atoms with Crippen LogP contribution in [-0.2, 0) is 29.5 Å². The Labute approximate surface area is 256 Å². The summed E-state index contributed by atoms with van der Waals surface area (Å²) in [6.07, 6.45) is -0.758. The molecule has 0 bridgehead atoms. The van der Waals surface area contributed by atoms with E-state index >= 15 is 0 Å². The lowest BCUT2D eigenvalue weighted by molar-refractivity contribution is -0.152. The predicted octanol–water partition coefficient (Wildman–Crippen LogP) is -0.494. The van der Waals surface area contributed by atoms with Crippen LogP contribution in [0.25, 0.3) is 0 Å². The van der Waals surface area contributed by atoms with Crippen molar-refractivity contribution in [2.75, 3.05) is 32.5 Å². The van der Waals surface area contributed by atoms with Crippen molar-refractivity contribution in [2.45, 2.75) is 44.0 Å². The summed E-state index contributed by atoms with van der Waals surface area (Å²) in [6.45, 7) is 3.88. The van der Waals surface area contributed by atoms with Crippen LogP contribution in [0.2, 0.25) is 0 Å². The van der Waals surface area contributed by atoms with Crippen LogP contribution in [0.3, 0.4) is 0 Å². The Morgan fingerprint density at radius 1 is 1.30 bits per heavy atom. The molecule has 1 aromatic carbocycles. The third-order valence-electron chi connectivity index (χ3n) is 6.99. The number of nitrogens with zero attached hydrogens (tertiary/aromatic N) is 4. The highest BCUT2D eigenvalue weighted by atomic mass is 32.2. The van der Waals surface area contributed by atoms with Gasteiger partial charge in [-0.05, 0) is 58.1 Å². The van der Waals surface area contributed by atoms with Gasteiger partial charge in [0.2, 0.25) is 0 Å². The summed E-state index contributed by atoms with van der Waals surface area (Å²) in [4.78, 5) is 48.7. The molecule has 19 heteroatoms. The number of β-lactam (4-membered cyclic amide) rings is 1. The summed E-state index contributed by atoms with van der Waals surface area (Å²) in [6, 6.07) is 5.24. The van der Waals surface area contributed by atoms with Gasteiger partial charge in [0.25, 0.3) is 17.9 Å². The molecule has 44 heavy (non-hydrogen) atoms. The van der Waals surface area contributed by atoms with Gasteiger partial charge in [0, 0.05) is 23.5 Å². The molecular formula is C25H32N8O9S2. The van der Waals surface area contributed by atoms with Crippen molar-refractivity contribution in [3.63, 3.8) is 0 Å². The molecule has 17 nitrogen and oxygen atoms in total. The van der Waals surface area contributed by atoms with Crippen LogP contribution >= 0.6 is 11.3 Å². The number of anilines is 1. The Kier molecular flexibility index (Phi) is 9.42. The first-order valence-corrected chi connectivity index (χ1v) is 15.4. The van der Waals surface area contributed by atoms with Gasteiger partial charge >= 0.3 is 16.3 Å². The highest BCUT2D eigenvalue weighted by molar-refractivity contribution is 7.84. The zero-order valence-corrected chi connectivity index (χ0v) is 25.5.